The molecule has 0 aliphatic heterocycles. The topological polar surface area (TPSA) is 83.1 Å². The van der Waals surface area contributed by atoms with Crippen molar-refractivity contribution in [1.29, 1.82) is 0 Å². The van der Waals surface area contributed by atoms with E-state index in [9.17, 15) is 0 Å². The lowest BCUT2D eigenvalue weighted by Crippen LogP contribution is -1.88. The second-order valence-electron chi connectivity index (χ2n) is 7.16. The van der Waals surface area contributed by atoms with E-state index in [4.69, 9.17) is 0 Å². The van der Waals surface area contributed by atoms with Gasteiger partial charge in [0.25, 0.3) is 0 Å². The van der Waals surface area contributed by atoms with Gasteiger partial charge >= 0.3 is 0 Å². The first-order chi connectivity index (χ1) is 14.8. The second kappa shape index (κ2) is 6.60. The van der Waals surface area contributed by atoms with Crippen LogP contribution in [0.25, 0.3) is 55.0 Å². The summed E-state index contributed by atoms with van der Waals surface area (Å²) in [5, 5.41) is 11.9. The fraction of sp³-hybridized carbons (Fsp3) is 0.0435. The predicted molar refractivity (Wildman–Crippen MR) is 120 cm³/mol. The number of nitrogens with zero attached hydrogens (tertiary/aromatic N) is 4. The molecular formula is C23H16N6S. The number of nitrogens with one attached hydrogen (secondary N) is 2. The average molecular weight is 408 g/mol. The molecule has 30 heavy (non-hydrogen) atoms. The molecule has 6 heterocycles. The third kappa shape index (κ3) is 2.63. The summed E-state index contributed by atoms with van der Waals surface area (Å²) in [5.74, 6) is 0. The van der Waals surface area contributed by atoms with Gasteiger partial charge in [0.1, 0.15) is 5.69 Å². The summed E-state index contributed by atoms with van der Waals surface area (Å²) in [4.78, 5) is 18.1. The number of hydrogen-bond donors (Lipinski definition) is 2. The van der Waals surface area contributed by atoms with Crippen LogP contribution in [-0.2, 0) is 0 Å². The predicted octanol–water partition coefficient (Wildman–Crippen LogP) is 5.60. The van der Waals surface area contributed by atoms with Gasteiger partial charge in [-0.25, -0.2) is 0 Å². The fourth-order valence-electron chi connectivity index (χ4n) is 3.79. The highest BCUT2D eigenvalue weighted by molar-refractivity contribution is 7.13. The molecule has 0 atom stereocenters. The standard InChI is InChI=1S/C23H16N6S/c1-13-4-6-24-11-16(13)18-9-15-20(12-26-18)28-29-22(15)19-10-14-17(27-19)5-7-25-23(14)21-3-2-8-30-21/h2-12,27H,1H3,(H,28,29). The third-order valence-electron chi connectivity index (χ3n) is 5.32. The molecule has 2 N–H and O–H groups in total. The molecule has 6 nitrogen and oxygen atoms in total. The molecule has 6 aromatic rings. The summed E-state index contributed by atoms with van der Waals surface area (Å²) < 4.78 is 0. The fourth-order valence-corrected chi connectivity index (χ4v) is 4.53. The van der Waals surface area contributed by atoms with Gasteiger partial charge in [-0.15, -0.1) is 11.3 Å². The first-order valence-corrected chi connectivity index (χ1v) is 10.4. The molecule has 0 spiro atoms. The SMILES string of the molecule is Cc1ccncc1-c1cc2c(-c3cc4c(-c5cccs5)nccc4[nH]3)n[nH]c2cn1. The van der Waals surface area contributed by atoms with Crippen LogP contribution in [0.3, 0.4) is 0 Å². The van der Waals surface area contributed by atoms with Gasteiger partial charge in [-0.05, 0) is 48.2 Å². The second-order valence-corrected chi connectivity index (χ2v) is 8.11. The smallest absolute Gasteiger partial charge is 0.116 e. The molecular weight excluding hydrogens is 392 g/mol. The van der Waals surface area contributed by atoms with Crippen LogP contribution in [-0.4, -0.2) is 30.1 Å². The van der Waals surface area contributed by atoms with E-state index in [1.165, 1.54) is 0 Å². The van der Waals surface area contributed by atoms with Crippen molar-refractivity contribution in [3.63, 3.8) is 0 Å². The molecule has 0 saturated carbocycles. The summed E-state index contributed by atoms with van der Waals surface area (Å²) in [5.41, 5.74) is 7.77. The minimum absolute atomic E-state index is 0.864. The van der Waals surface area contributed by atoms with Gasteiger partial charge in [0, 0.05) is 40.4 Å². The largest absolute Gasteiger partial charge is 0.353 e. The van der Waals surface area contributed by atoms with E-state index < -0.39 is 0 Å². The Kier molecular flexibility index (Phi) is 3.75. The number of thiophene rings is 1. The van der Waals surface area contributed by atoms with E-state index in [2.05, 4.69) is 60.6 Å². The lowest BCUT2D eigenvalue weighted by molar-refractivity contribution is 1.11. The molecule has 6 aromatic heterocycles. The molecule has 7 heteroatoms. The zero-order valence-corrected chi connectivity index (χ0v) is 16.9. The number of rotatable bonds is 3. The van der Waals surface area contributed by atoms with Crippen molar-refractivity contribution in [2.24, 2.45) is 0 Å². The monoisotopic (exact) mass is 408 g/mol. The number of hydrogen-bond acceptors (Lipinski definition) is 5. The quantitative estimate of drug-likeness (QED) is 0.399. The van der Waals surface area contributed by atoms with E-state index in [-0.39, 0.29) is 0 Å². The molecule has 0 saturated heterocycles. The van der Waals surface area contributed by atoms with Crippen LogP contribution in [0.1, 0.15) is 5.56 Å². The highest BCUT2D eigenvalue weighted by Crippen LogP contribution is 2.35. The van der Waals surface area contributed by atoms with Crippen LogP contribution >= 0.6 is 11.3 Å². The van der Waals surface area contributed by atoms with Crippen LogP contribution < -0.4 is 0 Å². The van der Waals surface area contributed by atoms with E-state index in [0.29, 0.717) is 0 Å². The van der Waals surface area contributed by atoms with Crippen molar-refractivity contribution in [3.05, 3.63) is 72.1 Å². The summed E-state index contributed by atoms with van der Waals surface area (Å²) in [6.07, 6.45) is 7.32. The summed E-state index contributed by atoms with van der Waals surface area (Å²) in [6.45, 7) is 2.07. The van der Waals surface area contributed by atoms with Crippen LogP contribution in [0.5, 0.6) is 0 Å². The van der Waals surface area contributed by atoms with E-state index in [1.807, 2.05) is 36.8 Å². The van der Waals surface area contributed by atoms with Gasteiger partial charge in [0.15, 0.2) is 0 Å². The molecule has 0 aliphatic carbocycles. The van der Waals surface area contributed by atoms with Gasteiger partial charge in [-0.3, -0.25) is 20.1 Å². The van der Waals surface area contributed by atoms with E-state index in [0.717, 1.165) is 60.6 Å². The first-order valence-electron chi connectivity index (χ1n) is 9.55. The van der Waals surface area contributed by atoms with Crippen molar-refractivity contribution in [2.75, 3.05) is 0 Å². The third-order valence-corrected chi connectivity index (χ3v) is 6.20. The molecule has 0 fully saturated rings. The Morgan fingerprint density at radius 2 is 1.83 bits per heavy atom. The van der Waals surface area contributed by atoms with Crippen LogP contribution in [0, 0.1) is 6.92 Å². The minimum atomic E-state index is 0.864. The Balaban J connectivity index is 1.53. The molecule has 0 radical (unpaired) electrons. The molecule has 144 valence electrons. The first kappa shape index (κ1) is 17.1. The van der Waals surface area contributed by atoms with Crippen LogP contribution in [0.4, 0.5) is 0 Å². The van der Waals surface area contributed by atoms with Crippen molar-refractivity contribution in [3.8, 4) is 33.2 Å². The number of aromatic nitrogens is 6. The molecule has 0 unspecified atom stereocenters. The Morgan fingerprint density at radius 3 is 2.70 bits per heavy atom. The maximum Gasteiger partial charge on any atom is 0.116 e. The van der Waals surface area contributed by atoms with E-state index >= 15 is 0 Å². The van der Waals surface area contributed by atoms with Gasteiger partial charge in [-0.1, -0.05) is 6.07 Å². The number of aryl methyl sites for hydroxylation is 1. The van der Waals surface area contributed by atoms with Crippen molar-refractivity contribution in [1.82, 2.24) is 30.1 Å². The van der Waals surface area contributed by atoms with Crippen molar-refractivity contribution in [2.45, 2.75) is 6.92 Å². The average Bonchev–Trinajstić information content (AvgIpc) is 3.51. The molecule has 0 bridgehead atoms. The van der Waals surface area contributed by atoms with Crippen LogP contribution in [0.2, 0.25) is 0 Å². The van der Waals surface area contributed by atoms with Crippen LogP contribution in [0.15, 0.2) is 66.6 Å². The number of aromatic amines is 2. The summed E-state index contributed by atoms with van der Waals surface area (Å²) in [6, 6.07) is 12.3. The lowest BCUT2D eigenvalue weighted by atomic mass is 10.1. The maximum atomic E-state index is 4.62. The van der Waals surface area contributed by atoms with Gasteiger partial charge in [0.05, 0.1) is 33.7 Å². The zero-order valence-electron chi connectivity index (χ0n) is 16.0. The van der Waals surface area contributed by atoms with Crippen molar-refractivity contribution >= 4 is 33.1 Å². The number of H-pyrrole nitrogens is 2. The Morgan fingerprint density at radius 1 is 0.900 bits per heavy atom. The minimum Gasteiger partial charge on any atom is -0.353 e. The highest BCUT2D eigenvalue weighted by atomic mass is 32.1. The molecule has 6 rings (SSSR count). The normalized spacial score (nSPS) is 11.5. The zero-order chi connectivity index (χ0) is 20.1. The molecule has 0 amide bonds. The molecule has 0 aromatic carbocycles. The molecule has 0 aliphatic rings. The lowest BCUT2D eigenvalue weighted by Gasteiger charge is -2.04. The summed E-state index contributed by atoms with van der Waals surface area (Å²) >= 11 is 1.69. The summed E-state index contributed by atoms with van der Waals surface area (Å²) in [7, 11) is 0. The van der Waals surface area contributed by atoms with Crippen molar-refractivity contribution < 1.29 is 0 Å². The Labute approximate surface area is 175 Å². The number of pyridine rings is 3. The van der Waals surface area contributed by atoms with Gasteiger partial charge in [-0.2, -0.15) is 5.10 Å². The van der Waals surface area contributed by atoms with Gasteiger partial charge in [0.2, 0.25) is 0 Å². The Hall–Kier alpha value is -3.84. The van der Waals surface area contributed by atoms with E-state index in [1.54, 1.807) is 17.5 Å². The maximum absolute atomic E-state index is 4.62. The number of fused-ring (bicyclic) bond motifs is 2. The highest BCUT2D eigenvalue weighted by Gasteiger charge is 2.16. The van der Waals surface area contributed by atoms with Gasteiger partial charge < -0.3 is 4.98 Å². The Bertz CT molecular complexity index is 1510.